The molecule has 1 amide bonds. The Hall–Kier alpha value is -4.11. The summed E-state index contributed by atoms with van der Waals surface area (Å²) in [7, 11) is 0. The number of nitrogens with zero attached hydrogens (tertiary/aromatic N) is 2. The predicted molar refractivity (Wildman–Crippen MR) is 158 cm³/mol. The molecule has 9 heteroatoms. The monoisotopic (exact) mass is 579 g/mol. The van der Waals surface area contributed by atoms with E-state index < -0.39 is 17.6 Å². The number of aryl methyl sites for hydroxylation is 1. The summed E-state index contributed by atoms with van der Waals surface area (Å²) in [5.41, 5.74) is 4.00. The maximum Gasteiger partial charge on any atom is 0.416 e. The van der Waals surface area contributed by atoms with Gasteiger partial charge in [0.1, 0.15) is 12.4 Å². The summed E-state index contributed by atoms with van der Waals surface area (Å²) in [4.78, 5) is 12.8. The minimum atomic E-state index is -4.54. The number of halogens is 3. The van der Waals surface area contributed by atoms with Gasteiger partial charge < -0.3 is 14.8 Å². The minimum absolute atomic E-state index is 0.0713. The number of aromatic nitrogens is 2. The van der Waals surface area contributed by atoms with Gasteiger partial charge in [-0.25, -0.2) is 4.68 Å². The van der Waals surface area contributed by atoms with Crippen LogP contribution in [0.4, 0.5) is 18.9 Å². The lowest BCUT2D eigenvalue weighted by Gasteiger charge is -2.15. The van der Waals surface area contributed by atoms with E-state index in [0.717, 1.165) is 60.5 Å². The predicted octanol–water partition coefficient (Wildman–Crippen LogP) is 8.29. The van der Waals surface area contributed by atoms with Gasteiger partial charge in [0.2, 0.25) is 0 Å². The zero-order valence-corrected chi connectivity index (χ0v) is 24.3. The summed E-state index contributed by atoms with van der Waals surface area (Å²) in [5, 5.41) is 7.32. The third-order valence-electron chi connectivity index (χ3n) is 7.04. The van der Waals surface area contributed by atoms with Crippen molar-refractivity contribution in [3.8, 4) is 5.69 Å². The van der Waals surface area contributed by atoms with Crippen molar-refractivity contribution in [1.82, 2.24) is 9.78 Å². The summed E-state index contributed by atoms with van der Waals surface area (Å²) >= 11 is 0. The maximum absolute atomic E-state index is 13.1. The zero-order valence-electron chi connectivity index (χ0n) is 24.3. The molecule has 2 heterocycles. The minimum Gasteiger partial charge on any atom is -0.490 e. The van der Waals surface area contributed by atoms with Crippen molar-refractivity contribution in [2.75, 3.05) is 18.5 Å². The lowest BCUT2D eigenvalue weighted by Crippen LogP contribution is -2.14. The molecule has 42 heavy (non-hydrogen) atoms. The second-order valence-electron chi connectivity index (χ2n) is 10.3. The van der Waals surface area contributed by atoms with Gasteiger partial charge in [-0.1, -0.05) is 36.8 Å². The normalized spacial score (nSPS) is 16.5. The maximum atomic E-state index is 13.1. The molecule has 1 aliphatic heterocycles. The van der Waals surface area contributed by atoms with Crippen LogP contribution >= 0.6 is 0 Å². The Morgan fingerprint density at radius 2 is 2.02 bits per heavy atom. The van der Waals surface area contributed by atoms with Crippen molar-refractivity contribution in [3.63, 3.8) is 0 Å². The van der Waals surface area contributed by atoms with E-state index in [0.29, 0.717) is 18.0 Å². The average Bonchev–Trinajstić information content (AvgIpc) is 3.67. The second kappa shape index (κ2) is 13.7. The Balaban J connectivity index is 1.64. The van der Waals surface area contributed by atoms with Gasteiger partial charge in [0, 0.05) is 35.2 Å². The molecule has 1 atom stereocenters. The molecule has 222 valence electrons. The highest BCUT2D eigenvalue weighted by Gasteiger charge is 2.31. The number of hydrogen-bond acceptors (Lipinski definition) is 4. The van der Waals surface area contributed by atoms with Crippen LogP contribution in [-0.4, -0.2) is 35.0 Å². The molecule has 4 rings (SSSR count). The highest BCUT2D eigenvalue weighted by atomic mass is 19.4. The Bertz CT molecular complexity index is 1500. The van der Waals surface area contributed by atoms with Crippen LogP contribution in [0.5, 0.6) is 0 Å². The van der Waals surface area contributed by atoms with E-state index in [1.165, 1.54) is 17.7 Å². The number of benzene rings is 2. The first kappa shape index (κ1) is 30.8. The van der Waals surface area contributed by atoms with Crippen LogP contribution in [0, 0.1) is 6.92 Å². The molecule has 1 saturated heterocycles. The Morgan fingerprint density at radius 3 is 2.71 bits per heavy atom. The van der Waals surface area contributed by atoms with Crippen LogP contribution in [0.3, 0.4) is 0 Å². The third-order valence-corrected chi connectivity index (χ3v) is 7.04. The molecular formula is C33H36F3N3O3. The van der Waals surface area contributed by atoms with Crippen molar-refractivity contribution in [3.05, 3.63) is 107 Å². The topological polar surface area (TPSA) is 65.4 Å². The summed E-state index contributed by atoms with van der Waals surface area (Å²) in [6.45, 7) is 9.24. The first-order chi connectivity index (χ1) is 20.1. The van der Waals surface area contributed by atoms with Crippen LogP contribution in [-0.2, 0) is 15.7 Å². The quantitative estimate of drug-likeness (QED) is 0.194. The lowest BCUT2D eigenvalue weighted by molar-refractivity contribution is -0.137. The van der Waals surface area contributed by atoms with Gasteiger partial charge in [0.15, 0.2) is 0 Å². The fourth-order valence-electron chi connectivity index (χ4n) is 4.54. The number of allylic oxidation sites excluding steroid dienone is 5. The summed E-state index contributed by atoms with van der Waals surface area (Å²) in [6.07, 6.45) is 8.05. The summed E-state index contributed by atoms with van der Waals surface area (Å²) in [5.74, 6) is 0.0843. The highest BCUT2D eigenvalue weighted by molar-refractivity contribution is 6.04. The molecule has 0 spiro atoms. The molecule has 1 fully saturated rings. The number of carbonyl (C=O) groups is 1. The number of rotatable bonds is 10. The average molecular weight is 580 g/mol. The Labute approximate surface area is 244 Å². The molecule has 0 aliphatic carbocycles. The second-order valence-corrected chi connectivity index (χ2v) is 10.3. The molecule has 0 saturated carbocycles. The van der Waals surface area contributed by atoms with E-state index in [1.807, 2.05) is 38.3 Å². The number of hydrogen-bond donors (Lipinski definition) is 1. The van der Waals surface area contributed by atoms with Crippen molar-refractivity contribution < 1.29 is 27.4 Å². The fourth-order valence-corrected chi connectivity index (χ4v) is 4.54. The molecule has 1 aromatic heterocycles. The summed E-state index contributed by atoms with van der Waals surface area (Å²) in [6, 6.07) is 9.62. The van der Waals surface area contributed by atoms with Crippen molar-refractivity contribution in [2.45, 2.75) is 59.2 Å². The number of nitrogens with one attached hydrogen (secondary N) is 1. The smallest absolute Gasteiger partial charge is 0.416 e. The van der Waals surface area contributed by atoms with E-state index in [-0.39, 0.29) is 11.7 Å². The number of anilines is 1. The third kappa shape index (κ3) is 7.79. The van der Waals surface area contributed by atoms with Crippen LogP contribution in [0.15, 0.2) is 84.4 Å². The van der Waals surface area contributed by atoms with Crippen molar-refractivity contribution in [1.29, 1.82) is 0 Å². The van der Waals surface area contributed by atoms with E-state index in [4.69, 9.17) is 9.47 Å². The van der Waals surface area contributed by atoms with Gasteiger partial charge >= 0.3 is 6.18 Å². The van der Waals surface area contributed by atoms with Gasteiger partial charge in [0.25, 0.3) is 5.91 Å². The van der Waals surface area contributed by atoms with Crippen molar-refractivity contribution in [2.24, 2.45) is 0 Å². The summed E-state index contributed by atoms with van der Waals surface area (Å²) < 4.78 is 53.1. The molecule has 6 nitrogen and oxygen atoms in total. The number of alkyl halides is 3. The van der Waals surface area contributed by atoms with Gasteiger partial charge in [-0.15, -0.1) is 0 Å². The first-order valence-corrected chi connectivity index (χ1v) is 14.0. The molecule has 1 aliphatic rings. The Morgan fingerprint density at radius 1 is 1.21 bits per heavy atom. The van der Waals surface area contributed by atoms with Crippen LogP contribution < -0.4 is 5.32 Å². The standard InChI is InChI=1S/C33H36F3N3O3/c1-5-9-31(42-21-28-12-8-15-41-28)29(16-22(3)6-2)25-19-37-39(20-25)30-18-27(14-13-23(30)4)38-32(40)24-10-7-11-26(17-24)33(34,35)36/h5,7,9-11,13-14,16-20,28H,6,8,12,15,21H2,1-4H3,(H,38,40)/b9-5-,22-16-,31-29-. The van der Waals surface area contributed by atoms with Gasteiger partial charge in [0.05, 0.1) is 23.6 Å². The number of carbonyl (C=O) groups excluding carboxylic acids is 1. The molecule has 3 aromatic rings. The number of ether oxygens (including phenoxy) is 2. The first-order valence-electron chi connectivity index (χ1n) is 14.0. The zero-order chi connectivity index (χ0) is 30.3. The molecule has 2 aromatic carbocycles. The van der Waals surface area contributed by atoms with Crippen molar-refractivity contribution >= 4 is 17.2 Å². The SMILES string of the molecule is C\C=C/C(OCC1CCCO1)=C(\C=C(\C)CC)c1cnn(-c2cc(NC(=O)c3cccc(C(F)(F)F)c3)ccc2C)c1. The van der Waals surface area contributed by atoms with E-state index >= 15 is 0 Å². The van der Waals surface area contributed by atoms with Gasteiger partial charge in [-0.2, -0.15) is 18.3 Å². The fraction of sp³-hybridized carbons (Fsp3) is 0.333. The van der Waals surface area contributed by atoms with E-state index in [2.05, 4.69) is 30.3 Å². The number of amides is 1. The van der Waals surface area contributed by atoms with E-state index in [1.54, 1.807) is 23.0 Å². The van der Waals surface area contributed by atoms with E-state index in [9.17, 15) is 18.0 Å². The van der Waals surface area contributed by atoms with Gasteiger partial charge in [-0.05, 0) is 82.0 Å². The van der Waals surface area contributed by atoms with Crippen LogP contribution in [0.25, 0.3) is 11.3 Å². The lowest BCUT2D eigenvalue weighted by atomic mass is 10.0. The van der Waals surface area contributed by atoms with Gasteiger partial charge in [-0.3, -0.25) is 4.79 Å². The molecule has 0 bridgehead atoms. The van der Waals surface area contributed by atoms with Crippen LogP contribution in [0.2, 0.25) is 0 Å². The largest absolute Gasteiger partial charge is 0.490 e. The Kier molecular flexibility index (Phi) is 10.1. The molecular weight excluding hydrogens is 543 g/mol. The molecule has 1 unspecified atom stereocenters. The molecule has 1 N–H and O–H groups in total. The highest BCUT2D eigenvalue weighted by Crippen LogP contribution is 2.30. The molecule has 0 radical (unpaired) electrons. The van der Waals surface area contributed by atoms with Crippen LogP contribution in [0.1, 0.15) is 67.1 Å².